The Labute approximate surface area is 234 Å². The molecular formula is C30H40N2O8. The standard InChI is InChI=1S/C30H40N2O8/c1-17-14-22-25(27(35)30(4)24(39-19(3)34)15-23(26(17)30)38-18(2)33)21(29(37)40-22)16-31-10-12-32(13-11-31)28(36)20-8-6-5-7-9-20/h5-9,17,21-27,35H,10-16H2,1-4H3. The van der Waals surface area contributed by atoms with Gasteiger partial charge in [-0.05, 0) is 24.5 Å². The zero-order valence-corrected chi connectivity index (χ0v) is 23.7. The number of carbonyl (C=O) groups is 4. The van der Waals surface area contributed by atoms with Crippen LogP contribution in [0.5, 0.6) is 0 Å². The Morgan fingerprint density at radius 1 is 1.02 bits per heavy atom. The monoisotopic (exact) mass is 556 g/mol. The van der Waals surface area contributed by atoms with Crippen LogP contribution in [0.4, 0.5) is 0 Å². The molecule has 218 valence electrons. The summed E-state index contributed by atoms with van der Waals surface area (Å²) in [7, 11) is 0. The maximum Gasteiger partial charge on any atom is 0.311 e. The van der Waals surface area contributed by atoms with Gasteiger partial charge in [0.1, 0.15) is 18.3 Å². The number of rotatable bonds is 5. The molecule has 40 heavy (non-hydrogen) atoms. The first-order valence-electron chi connectivity index (χ1n) is 14.3. The molecule has 0 bridgehead atoms. The molecule has 0 aromatic heterocycles. The number of benzene rings is 1. The summed E-state index contributed by atoms with van der Waals surface area (Å²) >= 11 is 0. The van der Waals surface area contributed by atoms with Crippen molar-refractivity contribution in [3.05, 3.63) is 35.9 Å². The molecule has 1 N–H and O–H groups in total. The van der Waals surface area contributed by atoms with E-state index in [9.17, 15) is 24.3 Å². The van der Waals surface area contributed by atoms with Gasteiger partial charge < -0.3 is 24.2 Å². The van der Waals surface area contributed by atoms with Crippen molar-refractivity contribution in [2.24, 2.45) is 29.1 Å². The van der Waals surface area contributed by atoms with Crippen LogP contribution >= 0.6 is 0 Å². The highest BCUT2D eigenvalue weighted by Gasteiger charge is 2.67. The van der Waals surface area contributed by atoms with E-state index >= 15 is 0 Å². The van der Waals surface area contributed by atoms with Crippen LogP contribution < -0.4 is 0 Å². The molecule has 2 heterocycles. The van der Waals surface area contributed by atoms with E-state index in [0.29, 0.717) is 51.1 Å². The van der Waals surface area contributed by atoms with Crippen LogP contribution in [-0.2, 0) is 28.6 Å². The minimum absolute atomic E-state index is 0.00665. The van der Waals surface area contributed by atoms with E-state index in [-0.39, 0.29) is 23.7 Å². The fourth-order valence-electron chi connectivity index (χ4n) is 7.96. The lowest BCUT2D eigenvalue weighted by Crippen LogP contribution is -2.54. The van der Waals surface area contributed by atoms with Crippen molar-refractivity contribution in [1.29, 1.82) is 0 Å². The lowest BCUT2D eigenvalue weighted by atomic mass is 9.66. The van der Waals surface area contributed by atoms with Gasteiger partial charge in [-0.2, -0.15) is 0 Å². The third-order valence-electron chi connectivity index (χ3n) is 9.70. The van der Waals surface area contributed by atoms with Crippen molar-refractivity contribution in [1.82, 2.24) is 9.80 Å². The molecule has 0 spiro atoms. The van der Waals surface area contributed by atoms with E-state index in [2.05, 4.69) is 4.90 Å². The Kier molecular flexibility index (Phi) is 7.94. The molecule has 2 saturated heterocycles. The third kappa shape index (κ3) is 5.11. The van der Waals surface area contributed by atoms with Gasteiger partial charge in [0.15, 0.2) is 0 Å². The molecule has 2 aliphatic heterocycles. The smallest absolute Gasteiger partial charge is 0.311 e. The van der Waals surface area contributed by atoms with E-state index in [4.69, 9.17) is 14.2 Å². The molecule has 1 aromatic rings. The summed E-state index contributed by atoms with van der Waals surface area (Å²) in [6, 6.07) is 9.19. The largest absolute Gasteiger partial charge is 0.462 e. The van der Waals surface area contributed by atoms with Gasteiger partial charge in [0, 0.05) is 75.8 Å². The number of hydrogen-bond acceptors (Lipinski definition) is 9. The lowest BCUT2D eigenvalue weighted by Gasteiger charge is -2.43. The number of amides is 1. The second-order valence-corrected chi connectivity index (χ2v) is 12.1. The van der Waals surface area contributed by atoms with E-state index in [0.717, 1.165) is 0 Å². The number of aliphatic hydroxyl groups is 1. The average molecular weight is 557 g/mol. The number of esters is 3. The van der Waals surface area contributed by atoms with Gasteiger partial charge in [0.25, 0.3) is 5.91 Å². The van der Waals surface area contributed by atoms with E-state index < -0.39 is 53.6 Å². The van der Waals surface area contributed by atoms with Gasteiger partial charge in [0.2, 0.25) is 0 Å². The molecule has 1 amide bonds. The second-order valence-electron chi connectivity index (χ2n) is 12.1. The number of ether oxygens (including phenoxy) is 3. The number of hydrogen-bond donors (Lipinski definition) is 1. The van der Waals surface area contributed by atoms with Gasteiger partial charge in [-0.25, -0.2) is 0 Å². The molecule has 10 heteroatoms. The normalized spacial score (nSPS) is 37.6. The fourth-order valence-corrected chi connectivity index (χ4v) is 7.96. The van der Waals surface area contributed by atoms with E-state index in [1.165, 1.54) is 13.8 Å². The van der Waals surface area contributed by atoms with Crippen molar-refractivity contribution < 1.29 is 38.5 Å². The Hall–Kier alpha value is -2.98. The van der Waals surface area contributed by atoms with Gasteiger partial charge >= 0.3 is 17.9 Å². The Morgan fingerprint density at radius 2 is 1.68 bits per heavy atom. The van der Waals surface area contributed by atoms with Gasteiger partial charge in [-0.3, -0.25) is 24.1 Å². The van der Waals surface area contributed by atoms with Crippen LogP contribution in [0.2, 0.25) is 0 Å². The minimum Gasteiger partial charge on any atom is -0.462 e. The van der Waals surface area contributed by atoms with Gasteiger partial charge in [0.05, 0.1) is 12.0 Å². The highest BCUT2D eigenvalue weighted by Crippen LogP contribution is 2.59. The number of piperazine rings is 1. The molecule has 1 aromatic carbocycles. The quantitative estimate of drug-likeness (QED) is 0.428. The SMILES string of the molecule is CC(=O)OC1CC(OC(C)=O)C2(C)C(O)C3C(CC(C)C12)OC(=O)C3CN1CCN(C(=O)c2ccccc2)CC1. The van der Waals surface area contributed by atoms with Crippen LogP contribution in [0.25, 0.3) is 0 Å². The molecule has 4 fully saturated rings. The van der Waals surface area contributed by atoms with Crippen molar-refractivity contribution in [3.63, 3.8) is 0 Å². The minimum atomic E-state index is -1.02. The maximum atomic E-state index is 13.2. The Balaban J connectivity index is 1.34. The van der Waals surface area contributed by atoms with Crippen molar-refractivity contribution in [2.45, 2.75) is 65.0 Å². The van der Waals surface area contributed by atoms with Crippen molar-refractivity contribution in [3.8, 4) is 0 Å². The number of carbonyl (C=O) groups excluding carboxylic acids is 4. The summed E-state index contributed by atoms with van der Waals surface area (Å²) in [4.78, 5) is 54.1. The molecule has 4 aliphatic rings. The first-order chi connectivity index (χ1) is 19.0. The summed E-state index contributed by atoms with van der Waals surface area (Å²) in [6.45, 7) is 9.32. The molecule has 9 atom stereocenters. The van der Waals surface area contributed by atoms with Crippen LogP contribution in [-0.4, -0.2) is 95.9 Å². The van der Waals surface area contributed by atoms with E-state index in [1.54, 1.807) is 0 Å². The summed E-state index contributed by atoms with van der Waals surface area (Å²) in [5, 5.41) is 12.1. The van der Waals surface area contributed by atoms with Crippen molar-refractivity contribution >= 4 is 23.8 Å². The number of nitrogens with zero attached hydrogens (tertiary/aromatic N) is 2. The fraction of sp³-hybridized carbons (Fsp3) is 0.667. The topological polar surface area (TPSA) is 123 Å². The average Bonchev–Trinajstić information content (AvgIpc) is 3.33. The second kappa shape index (κ2) is 11.1. The highest BCUT2D eigenvalue weighted by molar-refractivity contribution is 5.94. The van der Waals surface area contributed by atoms with Gasteiger partial charge in [-0.1, -0.05) is 32.0 Å². The van der Waals surface area contributed by atoms with Crippen molar-refractivity contribution in [2.75, 3.05) is 32.7 Å². The Morgan fingerprint density at radius 3 is 2.30 bits per heavy atom. The van der Waals surface area contributed by atoms with Crippen LogP contribution in [0.1, 0.15) is 50.9 Å². The molecule has 2 aliphatic carbocycles. The Bertz CT molecular complexity index is 1140. The molecule has 10 nitrogen and oxygen atoms in total. The van der Waals surface area contributed by atoms with E-state index in [1.807, 2.05) is 49.1 Å². The first-order valence-corrected chi connectivity index (χ1v) is 14.3. The summed E-state index contributed by atoms with van der Waals surface area (Å²) < 4.78 is 17.3. The zero-order valence-electron chi connectivity index (χ0n) is 23.7. The van der Waals surface area contributed by atoms with Crippen LogP contribution in [0.3, 0.4) is 0 Å². The zero-order chi connectivity index (χ0) is 28.8. The number of fused-ring (bicyclic) bond motifs is 2. The predicted octanol–water partition coefficient (Wildman–Crippen LogP) is 1.89. The molecular weight excluding hydrogens is 516 g/mol. The predicted molar refractivity (Wildman–Crippen MR) is 143 cm³/mol. The number of aliphatic hydroxyl groups excluding tert-OH is 1. The van der Waals surface area contributed by atoms with Crippen LogP contribution in [0, 0.1) is 29.1 Å². The highest BCUT2D eigenvalue weighted by atomic mass is 16.6. The lowest BCUT2D eigenvalue weighted by molar-refractivity contribution is -0.165. The van der Waals surface area contributed by atoms with Gasteiger partial charge in [-0.15, -0.1) is 0 Å². The van der Waals surface area contributed by atoms with Crippen LogP contribution in [0.15, 0.2) is 30.3 Å². The summed E-state index contributed by atoms with van der Waals surface area (Å²) in [5.41, 5.74) is -0.278. The molecule has 0 radical (unpaired) electrons. The summed E-state index contributed by atoms with van der Waals surface area (Å²) in [5.74, 6) is -2.61. The molecule has 9 unspecified atom stereocenters. The first kappa shape index (κ1) is 28.5. The maximum absolute atomic E-state index is 13.2. The molecule has 2 saturated carbocycles. The molecule has 5 rings (SSSR count). The summed E-state index contributed by atoms with van der Waals surface area (Å²) in [6.07, 6.45) is -1.86. The third-order valence-corrected chi connectivity index (χ3v) is 9.70.